The molecule has 1 unspecified atom stereocenters. The van der Waals surface area contributed by atoms with Crippen LogP contribution in [0.25, 0.3) is 0 Å². The zero-order valence-corrected chi connectivity index (χ0v) is 13.9. The molecule has 2 heterocycles. The predicted molar refractivity (Wildman–Crippen MR) is 87.3 cm³/mol. The van der Waals surface area contributed by atoms with Crippen molar-refractivity contribution < 1.29 is 24.0 Å². The first-order valence-corrected chi connectivity index (χ1v) is 8.43. The van der Waals surface area contributed by atoms with E-state index >= 15 is 0 Å². The number of ether oxygens (including phenoxy) is 2. The molecule has 7 nitrogen and oxygen atoms in total. The van der Waals surface area contributed by atoms with E-state index in [1.165, 1.54) is 11.9 Å². The topological polar surface area (TPSA) is 81.1 Å². The molecule has 2 aliphatic heterocycles. The van der Waals surface area contributed by atoms with Gasteiger partial charge in [-0.15, -0.1) is 0 Å². The number of rotatable bonds is 3. The molecule has 3 N–H and O–H groups in total. The first-order valence-electron chi connectivity index (χ1n) is 8.43. The minimum Gasteiger partial charge on any atom is -0.490 e. The highest BCUT2D eigenvalue weighted by Crippen LogP contribution is 2.33. The van der Waals surface area contributed by atoms with Crippen molar-refractivity contribution in [2.24, 2.45) is 0 Å². The molecule has 2 aliphatic rings. The Hall–Kier alpha value is -2.28. The van der Waals surface area contributed by atoms with E-state index in [1.807, 2.05) is 12.1 Å². The number of fused-ring (bicyclic) bond motifs is 1. The SMILES string of the molecule is CNC(=O)NC(=O)C[NH+]1CCC[C@@H]1c1ccc2c(c1)OCCCO2. The van der Waals surface area contributed by atoms with E-state index in [-0.39, 0.29) is 18.5 Å². The third-order valence-corrected chi connectivity index (χ3v) is 4.53. The van der Waals surface area contributed by atoms with Gasteiger partial charge in [0.15, 0.2) is 18.0 Å². The fourth-order valence-electron chi connectivity index (χ4n) is 3.36. The summed E-state index contributed by atoms with van der Waals surface area (Å²) in [7, 11) is 1.49. The summed E-state index contributed by atoms with van der Waals surface area (Å²) in [6, 6.07) is 5.81. The van der Waals surface area contributed by atoms with E-state index in [2.05, 4.69) is 16.7 Å². The number of imide groups is 1. The van der Waals surface area contributed by atoms with Gasteiger partial charge in [0.1, 0.15) is 6.04 Å². The summed E-state index contributed by atoms with van der Waals surface area (Å²) in [5.74, 6) is 1.31. The van der Waals surface area contributed by atoms with Crippen LogP contribution < -0.4 is 25.0 Å². The monoisotopic (exact) mass is 334 g/mol. The second-order valence-electron chi connectivity index (χ2n) is 6.16. The number of likely N-dealkylation sites (tertiary alicyclic amines) is 1. The van der Waals surface area contributed by atoms with Crippen molar-refractivity contribution in [3.63, 3.8) is 0 Å². The van der Waals surface area contributed by atoms with Crippen LogP contribution in [0, 0.1) is 0 Å². The molecule has 3 amide bonds. The molecule has 0 aliphatic carbocycles. The summed E-state index contributed by atoms with van der Waals surface area (Å²) in [5.41, 5.74) is 1.15. The molecule has 1 aromatic rings. The van der Waals surface area contributed by atoms with E-state index < -0.39 is 6.03 Å². The lowest BCUT2D eigenvalue weighted by Gasteiger charge is -2.22. The van der Waals surface area contributed by atoms with Gasteiger partial charge in [-0.25, -0.2) is 4.79 Å². The first-order chi connectivity index (χ1) is 11.7. The molecule has 1 aromatic carbocycles. The van der Waals surface area contributed by atoms with Gasteiger partial charge in [-0.2, -0.15) is 0 Å². The summed E-state index contributed by atoms with van der Waals surface area (Å²) >= 11 is 0. The van der Waals surface area contributed by atoms with Gasteiger partial charge in [-0.3, -0.25) is 10.1 Å². The normalized spacial score (nSPS) is 22.5. The van der Waals surface area contributed by atoms with Crippen LogP contribution in [-0.4, -0.2) is 45.3 Å². The van der Waals surface area contributed by atoms with Crippen LogP contribution in [0.4, 0.5) is 4.79 Å². The number of hydrogen-bond donors (Lipinski definition) is 3. The number of amides is 3. The van der Waals surface area contributed by atoms with Crippen LogP contribution in [0.1, 0.15) is 30.9 Å². The van der Waals surface area contributed by atoms with Crippen LogP contribution in [0.5, 0.6) is 11.5 Å². The second kappa shape index (κ2) is 7.53. The second-order valence-corrected chi connectivity index (χ2v) is 6.16. The summed E-state index contributed by atoms with van der Waals surface area (Å²) in [4.78, 5) is 24.4. The highest BCUT2D eigenvalue weighted by molar-refractivity contribution is 5.94. The Morgan fingerprint density at radius 1 is 1.21 bits per heavy atom. The zero-order valence-electron chi connectivity index (χ0n) is 13.9. The van der Waals surface area contributed by atoms with Gasteiger partial charge in [0.05, 0.1) is 19.8 Å². The fraction of sp³-hybridized carbons (Fsp3) is 0.529. The van der Waals surface area contributed by atoms with Crippen molar-refractivity contribution in [3.8, 4) is 11.5 Å². The molecule has 130 valence electrons. The minimum absolute atomic E-state index is 0.234. The van der Waals surface area contributed by atoms with Crippen LogP contribution in [0.2, 0.25) is 0 Å². The Kier molecular flexibility index (Phi) is 5.20. The average Bonchev–Trinajstić information content (AvgIpc) is 2.90. The van der Waals surface area contributed by atoms with Gasteiger partial charge in [-0.1, -0.05) is 0 Å². The fourth-order valence-corrected chi connectivity index (χ4v) is 3.36. The molecular weight excluding hydrogens is 310 g/mol. The summed E-state index contributed by atoms with van der Waals surface area (Å²) < 4.78 is 11.4. The predicted octanol–water partition coefficient (Wildman–Crippen LogP) is 0.0233. The van der Waals surface area contributed by atoms with Gasteiger partial charge >= 0.3 is 6.03 Å². The van der Waals surface area contributed by atoms with Crippen LogP contribution in [-0.2, 0) is 4.79 Å². The van der Waals surface area contributed by atoms with Gasteiger partial charge < -0.3 is 19.7 Å². The number of carbonyl (C=O) groups excluding carboxylic acids is 2. The number of nitrogens with one attached hydrogen (secondary N) is 3. The highest BCUT2D eigenvalue weighted by atomic mass is 16.5. The van der Waals surface area contributed by atoms with E-state index in [4.69, 9.17) is 9.47 Å². The lowest BCUT2D eigenvalue weighted by Crippen LogP contribution is -3.11. The van der Waals surface area contributed by atoms with Gasteiger partial charge in [-0.05, 0) is 18.2 Å². The maximum Gasteiger partial charge on any atom is 0.321 e. The quantitative estimate of drug-likeness (QED) is 0.728. The van der Waals surface area contributed by atoms with E-state index in [0.29, 0.717) is 13.2 Å². The molecule has 0 aromatic heterocycles. The van der Waals surface area contributed by atoms with Crippen LogP contribution in [0.3, 0.4) is 0 Å². The third-order valence-electron chi connectivity index (χ3n) is 4.53. The number of quaternary nitrogens is 1. The lowest BCUT2D eigenvalue weighted by molar-refractivity contribution is -0.910. The maximum absolute atomic E-state index is 12.0. The number of carbonyl (C=O) groups is 2. The molecule has 3 rings (SSSR count). The molecule has 0 saturated carbocycles. The molecule has 0 bridgehead atoms. The molecule has 2 atom stereocenters. The van der Waals surface area contributed by atoms with Crippen molar-refractivity contribution in [3.05, 3.63) is 23.8 Å². The van der Waals surface area contributed by atoms with Crippen molar-refractivity contribution in [2.75, 3.05) is 33.4 Å². The van der Waals surface area contributed by atoms with Crippen molar-refractivity contribution in [1.29, 1.82) is 0 Å². The molecule has 1 saturated heterocycles. The van der Waals surface area contributed by atoms with Crippen LogP contribution >= 0.6 is 0 Å². The molecule has 1 fully saturated rings. The Labute approximate surface area is 141 Å². The number of hydrogen-bond acceptors (Lipinski definition) is 4. The molecule has 0 spiro atoms. The Morgan fingerprint density at radius 3 is 2.79 bits per heavy atom. The average molecular weight is 334 g/mol. The standard InChI is InChI=1S/C17H23N3O4/c1-18-17(22)19-16(21)11-20-7-2-4-13(20)12-5-6-14-15(10-12)24-9-3-8-23-14/h5-6,10,13H,2-4,7-9,11H2,1H3,(H2,18,19,21,22)/p+1/t13-/m1/s1. The largest absolute Gasteiger partial charge is 0.490 e. The van der Waals surface area contributed by atoms with Crippen molar-refractivity contribution in [2.45, 2.75) is 25.3 Å². The van der Waals surface area contributed by atoms with Crippen molar-refractivity contribution >= 4 is 11.9 Å². The van der Waals surface area contributed by atoms with Crippen LogP contribution in [0.15, 0.2) is 18.2 Å². The Bertz CT molecular complexity index is 620. The van der Waals surface area contributed by atoms with E-state index in [9.17, 15) is 9.59 Å². The summed E-state index contributed by atoms with van der Waals surface area (Å²) in [5, 5.41) is 4.73. The molecule has 7 heteroatoms. The third kappa shape index (κ3) is 3.79. The van der Waals surface area contributed by atoms with Gasteiger partial charge in [0.25, 0.3) is 5.91 Å². The minimum atomic E-state index is -0.467. The number of benzene rings is 1. The summed E-state index contributed by atoms with van der Waals surface area (Å²) in [6.45, 7) is 2.53. The van der Waals surface area contributed by atoms with Crippen molar-refractivity contribution in [1.82, 2.24) is 10.6 Å². The molecule has 24 heavy (non-hydrogen) atoms. The highest BCUT2D eigenvalue weighted by Gasteiger charge is 2.32. The lowest BCUT2D eigenvalue weighted by atomic mass is 10.0. The smallest absolute Gasteiger partial charge is 0.321 e. The summed E-state index contributed by atoms with van der Waals surface area (Å²) in [6.07, 6.45) is 2.95. The Balaban J connectivity index is 1.70. The van der Waals surface area contributed by atoms with Gasteiger partial charge in [0, 0.05) is 31.9 Å². The van der Waals surface area contributed by atoms with Gasteiger partial charge in [0.2, 0.25) is 0 Å². The molecule has 0 radical (unpaired) electrons. The Morgan fingerprint density at radius 2 is 2.00 bits per heavy atom. The van der Waals surface area contributed by atoms with E-state index in [1.54, 1.807) is 0 Å². The maximum atomic E-state index is 12.0. The molecular formula is C17H24N3O4+. The first kappa shape index (κ1) is 16.6. The van der Waals surface area contributed by atoms with E-state index in [0.717, 1.165) is 42.9 Å². The zero-order chi connectivity index (χ0) is 16.9. The number of urea groups is 1.